The van der Waals surface area contributed by atoms with Gasteiger partial charge in [-0.2, -0.15) is 0 Å². The maximum absolute atomic E-state index is 5.28. The third-order valence-electron chi connectivity index (χ3n) is 5.92. The van der Waals surface area contributed by atoms with Crippen LogP contribution in [-0.4, -0.2) is 62.2 Å². The van der Waals surface area contributed by atoms with Crippen LogP contribution in [0.4, 0.5) is 5.69 Å². The molecule has 0 bridgehead atoms. The number of aryl methyl sites for hydroxylation is 1. The number of benzene rings is 1. The maximum atomic E-state index is 5.28. The van der Waals surface area contributed by atoms with Gasteiger partial charge < -0.3 is 9.64 Å². The first-order valence-electron chi connectivity index (χ1n) is 10.1. The number of likely N-dealkylation sites (tertiary alicyclic amines) is 1. The third kappa shape index (κ3) is 4.65. The van der Waals surface area contributed by atoms with E-state index in [1.807, 2.05) is 11.3 Å². The summed E-state index contributed by atoms with van der Waals surface area (Å²) in [5, 5.41) is 0. The second kappa shape index (κ2) is 8.63. The van der Waals surface area contributed by atoms with Crippen molar-refractivity contribution < 1.29 is 4.74 Å². The van der Waals surface area contributed by atoms with Crippen molar-refractivity contribution in [2.45, 2.75) is 32.4 Å². The molecule has 0 radical (unpaired) electrons. The van der Waals surface area contributed by atoms with Crippen LogP contribution in [0.3, 0.4) is 0 Å². The van der Waals surface area contributed by atoms with Gasteiger partial charge in [-0.05, 0) is 62.7 Å². The topological polar surface area (TPSA) is 19.0 Å². The molecule has 0 N–H and O–H groups in total. The average molecular weight is 386 g/mol. The van der Waals surface area contributed by atoms with Gasteiger partial charge in [0.2, 0.25) is 0 Å². The van der Waals surface area contributed by atoms with Crippen molar-refractivity contribution in [3.63, 3.8) is 0 Å². The highest BCUT2D eigenvalue weighted by atomic mass is 32.1. The summed E-state index contributed by atoms with van der Waals surface area (Å²) in [4.78, 5) is 10.8. The minimum atomic E-state index is 0.720. The summed E-state index contributed by atoms with van der Waals surface area (Å²) in [6.45, 7) is 10.4. The van der Waals surface area contributed by atoms with Crippen molar-refractivity contribution >= 4 is 17.0 Å². The zero-order chi connectivity index (χ0) is 18.6. The molecule has 27 heavy (non-hydrogen) atoms. The molecule has 3 heterocycles. The van der Waals surface area contributed by atoms with Gasteiger partial charge in [0.25, 0.3) is 0 Å². The summed E-state index contributed by atoms with van der Waals surface area (Å²) >= 11 is 1.95. The molecule has 2 aliphatic heterocycles. The Balaban J connectivity index is 1.29. The first-order chi connectivity index (χ1) is 13.2. The summed E-state index contributed by atoms with van der Waals surface area (Å²) in [5.74, 6) is 0.931. The molecule has 2 aliphatic rings. The van der Waals surface area contributed by atoms with E-state index in [1.54, 1.807) is 7.11 Å². The van der Waals surface area contributed by atoms with Crippen molar-refractivity contribution in [2.75, 3.05) is 51.3 Å². The Kier molecular flexibility index (Phi) is 6.01. The molecule has 0 aliphatic carbocycles. The molecule has 1 aromatic heterocycles. The van der Waals surface area contributed by atoms with Gasteiger partial charge in [-0.1, -0.05) is 0 Å². The van der Waals surface area contributed by atoms with Gasteiger partial charge in [0.1, 0.15) is 5.75 Å². The summed E-state index contributed by atoms with van der Waals surface area (Å²) in [5.41, 5.74) is 1.31. The second-order valence-corrected chi connectivity index (χ2v) is 9.14. The van der Waals surface area contributed by atoms with Gasteiger partial charge in [-0.15, -0.1) is 11.3 Å². The zero-order valence-corrected chi connectivity index (χ0v) is 17.4. The van der Waals surface area contributed by atoms with E-state index >= 15 is 0 Å². The van der Waals surface area contributed by atoms with E-state index in [2.05, 4.69) is 58.0 Å². The minimum Gasteiger partial charge on any atom is -0.497 e. The average Bonchev–Trinajstić information content (AvgIpc) is 3.13. The maximum Gasteiger partial charge on any atom is 0.119 e. The Morgan fingerprint density at radius 3 is 2.44 bits per heavy atom. The number of rotatable bonds is 5. The first kappa shape index (κ1) is 18.8. The third-order valence-corrected chi connectivity index (χ3v) is 6.91. The SMILES string of the molecule is COc1ccc(N2CCN(C3CCCN(Cc4ccc(C)s4)C3)CC2)cc1. The van der Waals surface area contributed by atoms with E-state index in [0.29, 0.717) is 0 Å². The van der Waals surface area contributed by atoms with Gasteiger partial charge in [0.15, 0.2) is 0 Å². The van der Waals surface area contributed by atoms with E-state index in [-0.39, 0.29) is 0 Å². The second-order valence-electron chi connectivity index (χ2n) is 7.76. The molecule has 0 saturated carbocycles. The highest BCUT2D eigenvalue weighted by Gasteiger charge is 2.28. The number of anilines is 1. The summed E-state index contributed by atoms with van der Waals surface area (Å²) in [6.07, 6.45) is 2.68. The van der Waals surface area contributed by atoms with Crippen molar-refractivity contribution in [3.8, 4) is 5.75 Å². The van der Waals surface area contributed by atoms with Gasteiger partial charge >= 0.3 is 0 Å². The number of ether oxygens (including phenoxy) is 1. The highest BCUT2D eigenvalue weighted by molar-refractivity contribution is 7.11. The quantitative estimate of drug-likeness (QED) is 0.778. The molecular weight excluding hydrogens is 354 g/mol. The first-order valence-corrected chi connectivity index (χ1v) is 10.9. The standard InChI is InChI=1S/C22H31N3OS/c1-18-5-10-22(27-18)17-23-11-3-4-20(16-23)25-14-12-24(13-15-25)19-6-8-21(26-2)9-7-19/h5-10,20H,3-4,11-17H2,1-2H3. The Hall–Kier alpha value is -1.56. The number of thiophene rings is 1. The van der Waals surface area contributed by atoms with Crippen molar-refractivity contribution in [1.29, 1.82) is 0 Å². The molecule has 2 saturated heterocycles. The fourth-order valence-electron chi connectivity index (χ4n) is 4.40. The number of piperazine rings is 1. The van der Waals surface area contributed by atoms with Crippen LogP contribution >= 0.6 is 11.3 Å². The van der Waals surface area contributed by atoms with Gasteiger partial charge in [-0.25, -0.2) is 0 Å². The normalized spacial score (nSPS) is 22.1. The molecule has 1 aromatic carbocycles. The molecule has 5 heteroatoms. The van der Waals surface area contributed by atoms with Crippen molar-refractivity contribution in [3.05, 3.63) is 46.2 Å². The number of piperidine rings is 1. The van der Waals surface area contributed by atoms with E-state index in [0.717, 1.165) is 31.4 Å². The summed E-state index contributed by atoms with van der Waals surface area (Å²) in [7, 11) is 1.72. The molecule has 4 rings (SSSR count). The van der Waals surface area contributed by atoms with Crippen LogP contribution in [0.1, 0.15) is 22.6 Å². The van der Waals surface area contributed by atoms with Crippen LogP contribution in [0.2, 0.25) is 0 Å². The molecule has 0 amide bonds. The molecule has 1 atom stereocenters. The fourth-order valence-corrected chi connectivity index (χ4v) is 5.33. The lowest BCUT2D eigenvalue weighted by molar-refractivity contribution is 0.0893. The van der Waals surface area contributed by atoms with Crippen LogP contribution in [0.25, 0.3) is 0 Å². The van der Waals surface area contributed by atoms with E-state index in [1.165, 1.54) is 54.5 Å². The van der Waals surface area contributed by atoms with Crippen LogP contribution in [-0.2, 0) is 6.54 Å². The molecule has 0 spiro atoms. The van der Waals surface area contributed by atoms with Crippen LogP contribution < -0.4 is 9.64 Å². The van der Waals surface area contributed by atoms with Gasteiger partial charge in [-0.3, -0.25) is 9.80 Å². The van der Waals surface area contributed by atoms with Crippen LogP contribution in [0.15, 0.2) is 36.4 Å². The number of hydrogen-bond donors (Lipinski definition) is 0. The lowest BCUT2D eigenvalue weighted by Gasteiger charge is -2.44. The van der Waals surface area contributed by atoms with Crippen LogP contribution in [0, 0.1) is 6.92 Å². The lowest BCUT2D eigenvalue weighted by Crippen LogP contribution is -2.55. The van der Waals surface area contributed by atoms with Crippen molar-refractivity contribution in [1.82, 2.24) is 9.80 Å². The molecular formula is C22H31N3OS. The molecule has 2 fully saturated rings. The van der Waals surface area contributed by atoms with Gasteiger partial charge in [0.05, 0.1) is 7.11 Å². The van der Waals surface area contributed by atoms with E-state index in [9.17, 15) is 0 Å². The molecule has 4 nitrogen and oxygen atoms in total. The zero-order valence-electron chi connectivity index (χ0n) is 16.6. The highest BCUT2D eigenvalue weighted by Crippen LogP contribution is 2.24. The van der Waals surface area contributed by atoms with E-state index in [4.69, 9.17) is 4.74 Å². The molecule has 2 aromatic rings. The van der Waals surface area contributed by atoms with Crippen molar-refractivity contribution in [2.24, 2.45) is 0 Å². The largest absolute Gasteiger partial charge is 0.497 e. The minimum absolute atomic E-state index is 0.720. The van der Waals surface area contributed by atoms with E-state index < -0.39 is 0 Å². The lowest BCUT2D eigenvalue weighted by atomic mass is 10.0. The van der Waals surface area contributed by atoms with Gasteiger partial charge in [0, 0.05) is 60.8 Å². The Morgan fingerprint density at radius 1 is 1.00 bits per heavy atom. The number of nitrogens with zero attached hydrogens (tertiary/aromatic N) is 3. The number of methoxy groups -OCH3 is 1. The fraction of sp³-hybridized carbons (Fsp3) is 0.545. The number of hydrogen-bond acceptors (Lipinski definition) is 5. The summed E-state index contributed by atoms with van der Waals surface area (Å²) < 4.78 is 5.28. The monoisotopic (exact) mass is 385 g/mol. The van der Waals surface area contributed by atoms with Crippen LogP contribution in [0.5, 0.6) is 5.75 Å². The smallest absolute Gasteiger partial charge is 0.119 e. The summed E-state index contributed by atoms with van der Waals surface area (Å²) in [6, 6.07) is 13.8. The Bertz CT molecular complexity index is 721. The molecule has 146 valence electrons. The Morgan fingerprint density at radius 2 is 1.78 bits per heavy atom. The molecule has 1 unspecified atom stereocenters. The predicted octanol–water partition coefficient (Wildman–Crippen LogP) is 3.85. The Labute approximate surface area is 167 Å². The predicted molar refractivity (Wildman–Crippen MR) is 114 cm³/mol.